The molecule has 1 aliphatic rings. The van der Waals surface area contributed by atoms with E-state index in [4.69, 9.17) is 9.47 Å². The zero-order valence-electron chi connectivity index (χ0n) is 5.51. The van der Waals surface area contributed by atoms with Crippen LogP contribution in [-0.2, 0) is 9.47 Å². The van der Waals surface area contributed by atoms with E-state index < -0.39 is 0 Å². The minimum absolute atomic E-state index is 0.398. The van der Waals surface area contributed by atoms with E-state index in [0.717, 1.165) is 26.2 Å². The van der Waals surface area contributed by atoms with E-state index >= 15 is 0 Å². The van der Waals surface area contributed by atoms with Gasteiger partial charge in [0.15, 0.2) is 0 Å². The first-order valence-corrected chi connectivity index (χ1v) is 3.23. The van der Waals surface area contributed by atoms with E-state index in [-0.39, 0.29) is 0 Å². The first-order valence-electron chi connectivity index (χ1n) is 3.23. The third-order valence-corrected chi connectivity index (χ3v) is 1.17. The molecule has 0 aromatic rings. The van der Waals surface area contributed by atoms with Gasteiger partial charge in [0, 0.05) is 0 Å². The van der Waals surface area contributed by atoms with Gasteiger partial charge in [-0.2, -0.15) is 0 Å². The van der Waals surface area contributed by atoms with Crippen LogP contribution in [-0.4, -0.2) is 25.9 Å². The fraction of sp³-hybridized carbons (Fsp3) is 0.714. The lowest BCUT2D eigenvalue weighted by Crippen LogP contribution is -2.01. The molecule has 1 fully saturated rings. The first-order chi connectivity index (χ1) is 4.43. The predicted octanol–water partition coefficient (Wildman–Crippen LogP) is 0.978. The second kappa shape index (κ2) is 3.64. The fourth-order valence-corrected chi connectivity index (χ4v) is 0.546. The van der Waals surface area contributed by atoms with Crippen LogP contribution >= 0.6 is 0 Å². The Labute approximate surface area is 55.5 Å². The standard InChI is InChI=1S/C7H12O2/c1-2-3-4-8-5-7-6-9-7/h2,7H,1,3-6H2. The largest absolute Gasteiger partial charge is 0.378 e. The van der Waals surface area contributed by atoms with Crippen LogP contribution in [0.2, 0.25) is 0 Å². The summed E-state index contributed by atoms with van der Waals surface area (Å²) in [6.45, 7) is 6.00. The van der Waals surface area contributed by atoms with Gasteiger partial charge in [0.05, 0.1) is 19.8 Å². The van der Waals surface area contributed by atoms with E-state index in [1.165, 1.54) is 0 Å². The maximum absolute atomic E-state index is 5.20. The molecule has 1 unspecified atom stereocenters. The Balaban J connectivity index is 1.75. The Morgan fingerprint density at radius 1 is 1.78 bits per heavy atom. The van der Waals surface area contributed by atoms with Gasteiger partial charge in [-0.15, -0.1) is 6.58 Å². The summed E-state index contributed by atoms with van der Waals surface area (Å²) >= 11 is 0. The maximum atomic E-state index is 5.20. The molecular formula is C7H12O2. The van der Waals surface area contributed by atoms with Crippen LogP contribution in [0, 0.1) is 0 Å². The van der Waals surface area contributed by atoms with Crippen molar-refractivity contribution in [3.05, 3.63) is 12.7 Å². The van der Waals surface area contributed by atoms with Crippen molar-refractivity contribution < 1.29 is 9.47 Å². The predicted molar refractivity (Wildman–Crippen MR) is 35.4 cm³/mol. The minimum Gasteiger partial charge on any atom is -0.378 e. The summed E-state index contributed by atoms with van der Waals surface area (Å²) in [6, 6.07) is 0. The Morgan fingerprint density at radius 3 is 3.11 bits per heavy atom. The van der Waals surface area contributed by atoms with E-state index in [1.807, 2.05) is 6.08 Å². The second-order valence-corrected chi connectivity index (χ2v) is 2.11. The third kappa shape index (κ3) is 3.27. The topological polar surface area (TPSA) is 21.8 Å². The van der Waals surface area contributed by atoms with Gasteiger partial charge < -0.3 is 9.47 Å². The lowest BCUT2D eigenvalue weighted by molar-refractivity contribution is 0.120. The number of epoxide rings is 1. The van der Waals surface area contributed by atoms with Gasteiger partial charge >= 0.3 is 0 Å². The molecule has 52 valence electrons. The monoisotopic (exact) mass is 128 g/mol. The van der Waals surface area contributed by atoms with E-state index in [1.54, 1.807) is 0 Å². The van der Waals surface area contributed by atoms with Gasteiger partial charge in [-0.05, 0) is 6.42 Å². The van der Waals surface area contributed by atoms with Gasteiger partial charge in [0.25, 0.3) is 0 Å². The number of hydrogen-bond donors (Lipinski definition) is 0. The van der Waals surface area contributed by atoms with Gasteiger partial charge in [-0.25, -0.2) is 0 Å². The van der Waals surface area contributed by atoms with Crippen molar-refractivity contribution in [2.75, 3.05) is 19.8 Å². The van der Waals surface area contributed by atoms with Crippen LogP contribution in [0.3, 0.4) is 0 Å². The smallest absolute Gasteiger partial charge is 0.104 e. The lowest BCUT2D eigenvalue weighted by Gasteiger charge is -1.96. The molecule has 2 heteroatoms. The highest BCUT2D eigenvalue weighted by molar-refractivity contribution is 4.69. The molecule has 1 aliphatic heterocycles. The van der Waals surface area contributed by atoms with Crippen molar-refractivity contribution in [1.82, 2.24) is 0 Å². The Morgan fingerprint density at radius 2 is 2.56 bits per heavy atom. The molecule has 9 heavy (non-hydrogen) atoms. The summed E-state index contributed by atoms with van der Waals surface area (Å²) in [5.41, 5.74) is 0. The number of hydrogen-bond acceptors (Lipinski definition) is 2. The average Bonchev–Trinajstić information content (AvgIpc) is 2.63. The van der Waals surface area contributed by atoms with E-state index in [9.17, 15) is 0 Å². The lowest BCUT2D eigenvalue weighted by atomic mass is 10.4. The Kier molecular flexibility index (Phi) is 2.74. The number of rotatable bonds is 5. The van der Waals surface area contributed by atoms with Crippen molar-refractivity contribution in [2.45, 2.75) is 12.5 Å². The quantitative estimate of drug-likeness (QED) is 0.313. The molecule has 0 radical (unpaired) electrons. The molecule has 0 amide bonds. The van der Waals surface area contributed by atoms with Crippen molar-refractivity contribution in [3.8, 4) is 0 Å². The first kappa shape index (κ1) is 6.78. The molecule has 0 spiro atoms. The molecule has 1 atom stereocenters. The summed E-state index contributed by atoms with van der Waals surface area (Å²) in [4.78, 5) is 0. The van der Waals surface area contributed by atoms with Gasteiger partial charge in [-0.1, -0.05) is 6.08 Å². The summed E-state index contributed by atoms with van der Waals surface area (Å²) in [5.74, 6) is 0. The van der Waals surface area contributed by atoms with E-state index in [2.05, 4.69) is 6.58 Å². The van der Waals surface area contributed by atoms with Crippen LogP contribution < -0.4 is 0 Å². The highest BCUT2D eigenvalue weighted by Crippen LogP contribution is 2.08. The van der Waals surface area contributed by atoms with Gasteiger partial charge in [0.2, 0.25) is 0 Å². The van der Waals surface area contributed by atoms with Crippen molar-refractivity contribution in [2.24, 2.45) is 0 Å². The number of ether oxygens (including phenoxy) is 2. The second-order valence-electron chi connectivity index (χ2n) is 2.11. The molecule has 2 nitrogen and oxygen atoms in total. The molecule has 1 saturated heterocycles. The van der Waals surface area contributed by atoms with Gasteiger partial charge in [-0.3, -0.25) is 0 Å². The zero-order chi connectivity index (χ0) is 6.53. The normalized spacial score (nSPS) is 23.8. The van der Waals surface area contributed by atoms with Crippen molar-refractivity contribution in [3.63, 3.8) is 0 Å². The maximum Gasteiger partial charge on any atom is 0.104 e. The molecule has 0 N–H and O–H groups in total. The molecule has 0 aromatic heterocycles. The zero-order valence-corrected chi connectivity index (χ0v) is 5.51. The Hall–Kier alpha value is -0.340. The van der Waals surface area contributed by atoms with Crippen LogP contribution in [0.5, 0.6) is 0 Å². The van der Waals surface area contributed by atoms with Crippen LogP contribution in [0.4, 0.5) is 0 Å². The molecule has 1 heterocycles. The third-order valence-electron chi connectivity index (χ3n) is 1.17. The highest BCUT2D eigenvalue weighted by atomic mass is 16.6. The minimum atomic E-state index is 0.398. The molecular weight excluding hydrogens is 116 g/mol. The summed E-state index contributed by atoms with van der Waals surface area (Å²) < 4.78 is 10.1. The van der Waals surface area contributed by atoms with Crippen LogP contribution in [0.15, 0.2) is 12.7 Å². The van der Waals surface area contributed by atoms with Crippen molar-refractivity contribution in [1.29, 1.82) is 0 Å². The molecule has 0 saturated carbocycles. The molecule has 0 aliphatic carbocycles. The molecule has 0 aromatic carbocycles. The van der Waals surface area contributed by atoms with Gasteiger partial charge in [0.1, 0.15) is 6.10 Å². The average molecular weight is 128 g/mol. The summed E-state index contributed by atoms with van der Waals surface area (Å²) in [5, 5.41) is 0. The van der Waals surface area contributed by atoms with E-state index in [0.29, 0.717) is 6.10 Å². The van der Waals surface area contributed by atoms with Crippen LogP contribution in [0.1, 0.15) is 6.42 Å². The van der Waals surface area contributed by atoms with Crippen molar-refractivity contribution >= 4 is 0 Å². The summed E-state index contributed by atoms with van der Waals surface area (Å²) in [6.07, 6.45) is 3.19. The SMILES string of the molecule is C=CCCOCC1CO1. The highest BCUT2D eigenvalue weighted by Gasteiger charge is 2.21. The molecule has 0 bridgehead atoms. The fourth-order valence-electron chi connectivity index (χ4n) is 0.546. The van der Waals surface area contributed by atoms with Crippen LogP contribution in [0.25, 0.3) is 0 Å². The molecule has 1 rings (SSSR count). The Bertz CT molecular complexity index is 86.9. The summed E-state index contributed by atoms with van der Waals surface area (Å²) in [7, 11) is 0.